The lowest BCUT2D eigenvalue weighted by Gasteiger charge is -2.25. The third-order valence-corrected chi connectivity index (χ3v) is 5.39. The van der Waals surface area contributed by atoms with Gasteiger partial charge < -0.3 is 16.2 Å². The first-order valence-corrected chi connectivity index (χ1v) is 9.18. The molecule has 0 bridgehead atoms. The summed E-state index contributed by atoms with van der Waals surface area (Å²) in [5.74, 6) is -0.126. The van der Waals surface area contributed by atoms with Gasteiger partial charge in [0.1, 0.15) is 12.4 Å². The largest absolute Gasteiger partial charge is 0.489 e. The minimum atomic E-state index is -0.663. The molecule has 1 aliphatic heterocycles. The van der Waals surface area contributed by atoms with E-state index in [2.05, 4.69) is 12.1 Å². The van der Waals surface area contributed by atoms with Crippen LogP contribution in [0.15, 0.2) is 69.7 Å². The Labute approximate surface area is 166 Å². The molecule has 134 valence electrons. The van der Waals surface area contributed by atoms with Crippen LogP contribution in [0.1, 0.15) is 17.0 Å². The van der Waals surface area contributed by atoms with E-state index in [1.54, 1.807) is 18.2 Å². The van der Waals surface area contributed by atoms with Gasteiger partial charge in [-0.15, -0.1) is 0 Å². The molecule has 0 aromatic heterocycles. The standard InChI is InChI=1S/C20H15ClN4OS/c21-16-7-3-1-5-12(16)11-26-17-8-4-2-6-13(17)18-14(9-22)19(24)27-20(25)15(18)10-23/h1-8,18H,11,24-25H2. The highest BCUT2D eigenvalue weighted by molar-refractivity contribution is 8.06. The zero-order chi connectivity index (χ0) is 19.4. The van der Waals surface area contributed by atoms with Crippen molar-refractivity contribution in [1.82, 2.24) is 0 Å². The Morgan fingerprint density at radius 2 is 1.56 bits per heavy atom. The van der Waals surface area contributed by atoms with Gasteiger partial charge in [0.05, 0.1) is 39.3 Å². The number of benzene rings is 2. The van der Waals surface area contributed by atoms with Crippen molar-refractivity contribution in [2.45, 2.75) is 12.5 Å². The SMILES string of the molecule is N#CC1=C(N)SC(N)=C(C#N)C1c1ccccc1OCc1ccccc1Cl. The van der Waals surface area contributed by atoms with E-state index < -0.39 is 5.92 Å². The van der Waals surface area contributed by atoms with E-state index in [1.165, 1.54) is 0 Å². The van der Waals surface area contributed by atoms with Crippen molar-refractivity contribution in [3.8, 4) is 17.9 Å². The second-order valence-corrected chi connectivity index (χ2v) is 7.22. The smallest absolute Gasteiger partial charge is 0.124 e. The number of thioether (sulfide) groups is 1. The molecule has 1 aliphatic rings. The Morgan fingerprint density at radius 3 is 2.19 bits per heavy atom. The number of hydrogen-bond acceptors (Lipinski definition) is 6. The average Bonchev–Trinajstić information content (AvgIpc) is 2.67. The summed E-state index contributed by atoms with van der Waals surface area (Å²) in [6.45, 7) is 0.250. The zero-order valence-corrected chi connectivity index (χ0v) is 15.7. The first kappa shape index (κ1) is 18.7. The number of rotatable bonds is 4. The Bertz CT molecular complexity index is 997. The molecule has 1 heterocycles. The molecule has 7 heteroatoms. The van der Waals surface area contributed by atoms with E-state index in [0.29, 0.717) is 37.5 Å². The van der Waals surface area contributed by atoms with E-state index in [1.807, 2.05) is 30.3 Å². The van der Waals surface area contributed by atoms with Crippen molar-refractivity contribution in [2.24, 2.45) is 11.5 Å². The van der Waals surface area contributed by atoms with Crippen LogP contribution < -0.4 is 16.2 Å². The molecule has 0 atom stereocenters. The van der Waals surface area contributed by atoms with Crippen LogP contribution in [0.2, 0.25) is 5.02 Å². The predicted octanol–water partition coefficient (Wildman–Crippen LogP) is 4.14. The number of allylic oxidation sites excluding steroid dienone is 2. The molecule has 3 rings (SSSR count). The van der Waals surface area contributed by atoms with Crippen molar-refractivity contribution in [2.75, 3.05) is 0 Å². The number of para-hydroxylation sites is 1. The quantitative estimate of drug-likeness (QED) is 0.806. The van der Waals surface area contributed by atoms with E-state index in [9.17, 15) is 10.5 Å². The van der Waals surface area contributed by atoms with Crippen LogP contribution in [-0.4, -0.2) is 0 Å². The first-order valence-electron chi connectivity index (χ1n) is 7.99. The van der Waals surface area contributed by atoms with Crippen LogP contribution in [-0.2, 0) is 6.61 Å². The summed E-state index contributed by atoms with van der Waals surface area (Å²) < 4.78 is 5.98. The Morgan fingerprint density at radius 1 is 0.963 bits per heavy atom. The topological polar surface area (TPSA) is 109 Å². The van der Waals surface area contributed by atoms with Gasteiger partial charge in [0.15, 0.2) is 0 Å². The van der Waals surface area contributed by atoms with Gasteiger partial charge in [-0.25, -0.2) is 0 Å². The normalized spacial score (nSPS) is 14.6. The van der Waals surface area contributed by atoms with Gasteiger partial charge in [-0.3, -0.25) is 0 Å². The van der Waals surface area contributed by atoms with Crippen LogP contribution in [0.5, 0.6) is 5.75 Å². The summed E-state index contributed by atoms with van der Waals surface area (Å²) in [6, 6.07) is 18.8. The van der Waals surface area contributed by atoms with Gasteiger partial charge in [-0.05, 0) is 12.1 Å². The minimum Gasteiger partial charge on any atom is -0.489 e. The van der Waals surface area contributed by atoms with E-state index in [0.717, 1.165) is 17.3 Å². The lowest BCUT2D eigenvalue weighted by atomic mass is 9.85. The molecule has 0 spiro atoms. The summed E-state index contributed by atoms with van der Waals surface area (Å²) in [5, 5.41) is 20.4. The van der Waals surface area contributed by atoms with Crippen LogP contribution in [0.3, 0.4) is 0 Å². The molecular weight excluding hydrogens is 380 g/mol. The zero-order valence-electron chi connectivity index (χ0n) is 14.1. The molecule has 0 unspecified atom stereocenters. The van der Waals surface area contributed by atoms with Gasteiger partial charge in [0.2, 0.25) is 0 Å². The molecule has 0 saturated heterocycles. The van der Waals surface area contributed by atoms with Crippen molar-refractivity contribution in [3.63, 3.8) is 0 Å². The Kier molecular flexibility index (Phi) is 5.61. The molecule has 27 heavy (non-hydrogen) atoms. The van der Waals surface area contributed by atoms with Crippen molar-refractivity contribution >= 4 is 23.4 Å². The average molecular weight is 395 g/mol. The maximum Gasteiger partial charge on any atom is 0.124 e. The molecular formula is C20H15ClN4OS. The monoisotopic (exact) mass is 394 g/mol. The summed E-state index contributed by atoms with van der Waals surface area (Å²) in [7, 11) is 0. The van der Waals surface area contributed by atoms with Crippen molar-refractivity contribution < 1.29 is 4.74 Å². The highest BCUT2D eigenvalue weighted by atomic mass is 35.5. The first-order chi connectivity index (χ1) is 13.1. The molecule has 4 N–H and O–H groups in total. The number of nitriles is 2. The predicted molar refractivity (Wildman–Crippen MR) is 106 cm³/mol. The second-order valence-electron chi connectivity index (χ2n) is 5.73. The molecule has 0 amide bonds. The van der Waals surface area contributed by atoms with Crippen molar-refractivity contribution in [3.05, 3.63) is 85.9 Å². The number of hydrogen-bond donors (Lipinski definition) is 2. The summed E-state index contributed by atoms with van der Waals surface area (Å²) in [4.78, 5) is 0. The number of halogens is 1. The summed E-state index contributed by atoms with van der Waals surface area (Å²) >= 11 is 7.23. The Balaban J connectivity index is 2.02. The van der Waals surface area contributed by atoms with Crippen LogP contribution >= 0.6 is 23.4 Å². The number of ether oxygens (including phenoxy) is 1. The van der Waals surface area contributed by atoms with Gasteiger partial charge in [0, 0.05) is 16.1 Å². The van der Waals surface area contributed by atoms with E-state index in [4.69, 9.17) is 27.8 Å². The molecule has 0 aliphatic carbocycles. The highest BCUT2D eigenvalue weighted by Crippen LogP contribution is 2.45. The molecule has 0 fully saturated rings. The van der Waals surface area contributed by atoms with Crippen LogP contribution in [0.4, 0.5) is 0 Å². The van der Waals surface area contributed by atoms with E-state index >= 15 is 0 Å². The number of nitrogens with two attached hydrogens (primary N) is 2. The third kappa shape index (κ3) is 3.73. The number of nitrogens with zero attached hydrogens (tertiary/aromatic N) is 2. The van der Waals surface area contributed by atoms with Crippen LogP contribution in [0.25, 0.3) is 0 Å². The maximum atomic E-state index is 9.60. The fraction of sp³-hybridized carbons (Fsp3) is 0.100. The van der Waals surface area contributed by atoms with Gasteiger partial charge >= 0.3 is 0 Å². The maximum absolute atomic E-state index is 9.60. The Hall–Kier alpha value is -3.06. The molecule has 2 aromatic rings. The third-order valence-electron chi connectivity index (χ3n) is 4.14. The van der Waals surface area contributed by atoms with Crippen LogP contribution in [0, 0.1) is 22.7 Å². The summed E-state index contributed by atoms with van der Waals surface area (Å²) in [6.07, 6.45) is 0. The lowest BCUT2D eigenvalue weighted by molar-refractivity contribution is 0.302. The molecule has 2 aromatic carbocycles. The van der Waals surface area contributed by atoms with E-state index in [-0.39, 0.29) is 6.61 Å². The fourth-order valence-corrected chi connectivity index (χ4v) is 3.80. The highest BCUT2D eigenvalue weighted by Gasteiger charge is 2.33. The summed E-state index contributed by atoms with van der Waals surface area (Å²) in [5.41, 5.74) is 14.1. The van der Waals surface area contributed by atoms with Gasteiger partial charge in [-0.2, -0.15) is 10.5 Å². The van der Waals surface area contributed by atoms with Gasteiger partial charge in [0.25, 0.3) is 0 Å². The molecule has 0 radical (unpaired) electrons. The second kappa shape index (κ2) is 8.09. The lowest BCUT2D eigenvalue weighted by Crippen LogP contribution is -2.19. The van der Waals surface area contributed by atoms with Gasteiger partial charge in [-0.1, -0.05) is 59.8 Å². The molecule has 0 saturated carbocycles. The van der Waals surface area contributed by atoms with Crippen molar-refractivity contribution in [1.29, 1.82) is 10.5 Å². The fourth-order valence-electron chi connectivity index (χ4n) is 2.83. The minimum absolute atomic E-state index is 0.250. The molecule has 5 nitrogen and oxygen atoms in total.